The Labute approximate surface area is 100 Å². The number of hydrogen-bond acceptors (Lipinski definition) is 2. The molecule has 0 aliphatic rings. The van der Waals surface area contributed by atoms with Crippen LogP contribution in [0, 0.1) is 0 Å². The van der Waals surface area contributed by atoms with Crippen LogP contribution >= 0.6 is 15.9 Å². The molecule has 0 amide bonds. The molecule has 2 N–H and O–H groups in total. The molecule has 16 heavy (non-hydrogen) atoms. The Morgan fingerprint density at radius 1 is 1.62 bits per heavy atom. The Morgan fingerprint density at radius 3 is 3.19 bits per heavy atom. The molecule has 0 fully saturated rings. The molecular formula is C11H9BrN2O2. The Hall–Kier alpha value is -1.62. The number of carboxylic acid groups (broad SMARTS) is 1. The van der Waals surface area contributed by atoms with Crippen LogP contribution in [-0.4, -0.2) is 21.0 Å². The third kappa shape index (κ3) is 2.30. The molecule has 0 saturated carbocycles. The molecule has 5 heteroatoms. The summed E-state index contributed by atoms with van der Waals surface area (Å²) < 4.78 is 0.896. The van der Waals surface area contributed by atoms with Gasteiger partial charge in [0.2, 0.25) is 0 Å². The summed E-state index contributed by atoms with van der Waals surface area (Å²) in [6.45, 7) is 0. The third-order valence-electron chi connectivity index (χ3n) is 2.12. The van der Waals surface area contributed by atoms with Crippen LogP contribution in [-0.2, 0) is 4.79 Å². The lowest BCUT2D eigenvalue weighted by Gasteiger charge is -1.92. The van der Waals surface area contributed by atoms with E-state index in [9.17, 15) is 4.79 Å². The molecule has 0 radical (unpaired) electrons. The number of halogens is 1. The largest absolute Gasteiger partial charge is 0.481 e. The molecule has 0 aromatic carbocycles. The molecule has 0 aliphatic carbocycles. The Morgan fingerprint density at radius 2 is 2.44 bits per heavy atom. The van der Waals surface area contributed by atoms with E-state index in [-0.39, 0.29) is 6.42 Å². The van der Waals surface area contributed by atoms with Crippen molar-refractivity contribution in [3.8, 4) is 0 Å². The number of H-pyrrole nitrogens is 1. The van der Waals surface area contributed by atoms with Gasteiger partial charge in [0, 0.05) is 27.8 Å². The first-order valence-corrected chi connectivity index (χ1v) is 5.47. The molecule has 2 aromatic heterocycles. The smallest absolute Gasteiger partial charge is 0.307 e. The van der Waals surface area contributed by atoms with Crippen molar-refractivity contribution >= 4 is 39.0 Å². The molecule has 2 aromatic rings. The highest BCUT2D eigenvalue weighted by atomic mass is 79.9. The van der Waals surface area contributed by atoms with Gasteiger partial charge in [0.25, 0.3) is 0 Å². The van der Waals surface area contributed by atoms with Gasteiger partial charge >= 0.3 is 5.97 Å². The molecule has 0 spiro atoms. The summed E-state index contributed by atoms with van der Waals surface area (Å²) in [7, 11) is 0. The van der Waals surface area contributed by atoms with Crippen molar-refractivity contribution in [1.82, 2.24) is 9.97 Å². The van der Waals surface area contributed by atoms with Crippen molar-refractivity contribution in [2.45, 2.75) is 6.42 Å². The van der Waals surface area contributed by atoms with E-state index in [0.717, 1.165) is 21.1 Å². The molecule has 82 valence electrons. The second-order valence-corrected chi connectivity index (χ2v) is 4.21. The molecule has 2 rings (SSSR count). The van der Waals surface area contributed by atoms with Crippen molar-refractivity contribution in [3.05, 3.63) is 34.6 Å². The van der Waals surface area contributed by atoms with Crippen molar-refractivity contribution in [1.29, 1.82) is 0 Å². The topological polar surface area (TPSA) is 66.0 Å². The summed E-state index contributed by atoms with van der Waals surface area (Å²) in [6, 6.07) is 1.94. The summed E-state index contributed by atoms with van der Waals surface area (Å²) >= 11 is 3.35. The molecule has 0 aliphatic heterocycles. The van der Waals surface area contributed by atoms with Gasteiger partial charge in [-0.05, 0) is 22.0 Å². The number of aliphatic carboxylic acids is 1. The van der Waals surface area contributed by atoms with Crippen LogP contribution in [0.5, 0.6) is 0 Å². The van der Waals surface area contributed by atoms with Crippen LogP contribution in [0.1, 0.15) is 12.0 Å². The molecule has 2 heterocycles. The van der Waals surface area contributed by atoms with E-state index < -0.39 is 5.97 Å². The lowest BCUT2D eigenvalue weighted by Crippen LogP contribution is -1.89. The van der Waals surface area contributed by atoms with E-state index in [1.165, 1.54) is 0 Å². The van der Waals surface area contributed by atoms with Crippen LogP contribution in [0.4, 0.5) is 0 Å². The quantitative estimate of drug-likeness (QED) is 0.909. The van der Waals surface area contributed by atoms with Gasteiger partial charge in [0.15, 0.2) is 0 Å². The Balaban J connectivity index is 2.34. The van der Waals surface area contributed by atoms with Gasteiger partial charge in [-0.15, -0.1) is 0 Å². The van der Waals surface area contributed by atoms with Crippen molar-refractivity contribution in [2.24, 2.45) is 0 Å². The monoisotopic (exact) mass is 280 g/mol. The number of pyridine rings is 1. The van der Waals surface area contributed by atoms with E-state index in [1.54, 1.807) is 18.3 Å². The second-order valence-electron chi connectivity index (χ2n) is 3.29. The van der Waals surface area contributed by atoms with Crippen molar-refractivity contribution in [2.75, 3.05) is 0 Å². The third-order valence-corrected chi connectivity index (χ3v) is 2.55. The number of nitrogens with zero attached hydrogens (tertiary/aromatic N) is 1. The van der Waals surface area contributed by atoms with E-state index in [4.69, 9.17) is 5.11 Å². The minimum absolute atomic E-state index is 0.0219. The highest BCUT2D eigenvalue weighted by molar-refractivity contribution is 9.10. The van der Waals surface area contributed by atoms with Gasteiger partial charge in [-0.3, -0.25) is 4.79 Å². The lowest BCUT2D eigenvalue weighted by atomic mass is 10.2. The lowest BCUT2D eigenvalue weighted by molar-refractivity contribution is -0.135. The zero-order chi connectivity index (χ0) is 11.5. The van der Waals surface area contributed by atoms with E-state index in [1.807, 2.05) is 12.3 Å². The van der Waals surface area contributed by atoms with Crippen LogP contribution < -0.4 is 0 Å². The van der Waals surface area contributed by atoms with Crippen molar-refractivity contribution in [3.63, 3.8) is 0 Å². The van der Waals surface area contributed by atoms with Gasteiger partial charge < -0.3 is 10.1 Å². The average Bonchev–Trinajstić information content (AvgIpc) is 2.60. The SMILES string of the molecule is O=C(O)CC=Cc1c[nH]c2ncc(Br)cc12. The van der Waals surface area contributed by atoms with E-state index >= 15 is 0 Å². The fourth-order valence-corrected chi connectivity index (χ4v) is 1.75. The maximum absolute atomic E-state index is 10.4. The number of aromatic nitrogens is 2. The van der Waals surface area contributed by atoms with E-state index in [2.05, 4.69) is 25.9 Å². The van der Waals surface area contributed by atoms with Crippen LogP contribution in [0.25, 0.3) is 17.1 Å². The molecular weight excluding hydrogens is 272 g/mol. The number of nitrogens with one attached hydrogen (secondary N) is 1. The Kier molecular flexibility index (Phi) is 3.05. The molecule has 0 atom stereocenters. The summed E-state index contributed by atoms with van der Waals surface area (Å²) in [5, 5.41) is 9.49. The second kappa shape index (κ2) is 4.49. The number of carboxylic acids is 1. The van der Waals surface area contributed by atoms with Gasteiger partial charge in [-0.1, -0.05) is 12.2 Å². The number of fused-ring (bicyclic) bond motifs is 1. The highest BCUT2D eigenvalue weighted by Gasteiger charge is 2.02. The average molecular weight is 281 g/mol. The minimum atomic E-state index is -0.838. The van der Waals surface area contributed by atoms with Gasteiger partial charge in [0.05, 0.1) is 6.42 Å². The summed E-state index contributed by atoms with van der Waals surface area (Å²) in [6.07, 6.45) is 6.94. The van der Waals surface area contributed by atoms with Gasteiger partial charge in [0.1, 0.15) is 5.65 Å². The maximum Gasteiger partial charge on any atom is 0.307 e. The summed E-state index contributed by atoms with van der Waals surface area (Å²) in [5.74, 6) is -0.838. The van der Waals surface area contributed by atoms with Crippen molar-refractivity contribution < 1.29 is 9.90 Å². The number of carbonyl (C=O) groups is 1. The fraction of sp³-hybridized carbons (Fsp3) is 0.0909. The highest BCUT2D eigenvalue weighted by Crippen LogP contribution is 2.21. The molecule has 0 saturated heterocycles. The number of aromatic amines is 1. The number of hydrogen-bond donors (Lipinski definition) is 2. The first kappa shape index (κ1) is 10.9. The predicted molar refractivity (Wildman–Crippen MR) is 65.1 cm³/mol. The fourth-order valence-electron chi connectivity index (χ4n) is 1.42. The van der Waals surface area contributed by atoms with Crippen LogP contribution in [0.3, 0.4) is 0 Å². The van der Waals surface area contributed by atoms with Gasteiger partial charge in [-0.25, -0.2) is 4.98 Å². The molecule has 4 nitrogen and oxygen atoms in total. The standard InChI is InChI=1S/C11H9BrN2O2/c12-8-4-9-7(2-1-3-10(15)16)5-13-11(9)14-6-8/h1-2,4-6H,3H2,(H,13,14)(H,15,16). The molecule has 0 unspecified atom stereocenters. The normalized spacial score (nSPS) is 11.3. The summed E-state index contributed by atoms with van der Waals surface area (Å²) in [4.78, 5) is 17.6. The Bertz CT molecular complexity index is 560. The van der Waals surface area contributed by atoms with Gasteiger partial charge in [-0.2, -0.15) is 0 Å². The van der Waals surface area contributed by atoms with Crippen LogP contribution in [0.15, 0.2) is 29.0 Å². The first-order valence-electron chi connectivity index (χ1n) is 4.68. The zero-order valence-electron chi connectivity index (χ0n) is 8.27. The van der Waals surface area contributed by atoms with E-state index in [0.29, 0.717) is 0 Å². The summed E-state index contributed by atoms with van der Waals surface area (Å²) in [5.41, 5.74) is 1.73. The minimum Gasteiger partial charge on any atom is -0.481 e. The predicted octanol–water partition coefficient (Wildman–Crippen LogP) is 2.81. The number of rotatable bonds is 3. The van der Waals surface area contributed by atoms with Crippen LogP contribution in [0.2, 0.25) is 0 Å². The maximum atomic E-state index is 10.4. The first-order chi connectivity index (χ1) is 7.66. The molecule has 0 bridgehead atoms. The zero-order valence-corrected chi connectivity index (χ0v) is 9.86.